The van der Waals surface area contributed by atoms with Crippen LogP contribution in [-0.4, -0.2) is 169 Å². The number of cyclic esters (lactones) is 1. The van der Waals surface area contributed by atoms with Gasteiger partial charge in [-0.25, -0.2) is 9.59 Å². The highest BCUT2D eigenvalue weighted by atomic mass is 16.8. The minimum absolute atomic E-state index is 0.0960. The first-order chi connectivity index (χ1) is 27.8. The molecular weight excluding hydrogens is 782 g/mol. The van der Waals surface area contributed by atoms with E-state index in [0.29, 0.717) is 19.4 Å². The van der Waals surface area contributed by atoms with Gasteiger partial charge in [0.05, 0.1) is 35.9 Å². The third-order valence-electron chi connectivity index (χ3n) is 13.3. The molecule has 0 saturated carbocycles. The van der Waals surface area contributed by atoms with Crippen LogP contribution in [0.25, 0.3) is 0 Å². The van der Waals surface area contributed by atoms with Crippen LogP contribution in [0, 0.1) is 17.8 Å². The molecule has 348 valence electrons. The molecule has 4 aliphatic rings. The van der Waals surface area contributed by atoms with E-state index in [1.165, 1.54) is 7.11 Å². The largest absolute Gasteiger partial charge is 0.509 e. The van der Waals surface area contributed by atoms with Crippen molar-refractivity contribution in [2.75, 3.05) is 34.8 Å². The Bertz CT molecular complexity index is 1450. The quantitative estimate of drug-likeness (QED) is 0.220. The van der Waals surface area contributed by atoms with E-state index in [1.54, 1.807) is 34.6 Å². The number of ether oxygens (including phenoxy) is 9. The zero-order valence-corrected chi connectivity index (χ0v) is 39.0. The van der Waals surface area contributed by atoms with Crippen molar-refractivity contribution in [1.82, 2.24) is 15.1 Å². The number of alkyl carbamates (subject to hydrolysis) is 1. The summed E-state index contributed by atoms with van der Waals surface area (Å²) in [4.78, 5) is 44.2. The summed E-state index contributed by atoms with van der Waals surface area (Å²) >= 11 is 0. The Kier molecular flexibility index (Phi) is 16.8. The van der Waals surface area contributed by atoms with Crippen LogP contribution in [0.15, 0.2) is 0 Å². The van der Waals surface area contributed by atoms with Crippen LogP contribution in [0.2, 0.25) is 0 Å². The number of aliphatic hydroxyl groups excluding tert-OH is 1. The number of hydrogen-bond donors (Lipinski definition) is 3. The van der Waals surface area contributed by atoms with Crippen molar-refractivity contribution in [3.05, 3.63) is 0 Å². The van der Waals surface area contributed by atoms with Crippen LogP contribution in [0.1, 0.15) is 109 Å². The molecule has 0 aromatic heterocycles. The number of nitrogens with one attached hydrogen (secondary N) is 1. The molecule has 60 heavy (non-hydrogen) atoms. The summed E-state index contributed by atoms with van der Waals surface area (Å²) in [5.74, 6) is -2.60. The monoisotopic (exact) mass is 860 g/mol. The third kappa shape index (κ3) is 11.2. The lowest BCUT2D eigenvalue weighted by Crippen LogP contribution is -2.61. The van der Waals surface area contributed by atoms with E-state index in [0.717, 1.165) is 0 Å². The summed E-state index contributed by atoms with van der Waals surface area (Å²) in [6.45, 7) is 22.3. The molecule has 4 rings (SSSR count). The summed E-state index contributed by atoms with van der Waals surface area (Å²) in [5.41, 5.74) is -3.99. The number of likely N-dealkylation sites (N-methyl/N-ethyl adjacent to an activating group) is 2. The lowest BCUT2D eigenvalue weighted by molar-refractivity contribution is -0.317. The van der Waals surface area contributed by atoms with Crippen molar-refractivity contribution in [2.45, 2.75) is 205 Å². The Morgan fingerprint density at radius 3 is 2.23 bits per heavy atom. The summed E-state index contributed by atoms with van der Waals surface area (Å²) < 4.78 is 56.2. The Hall–Kier alpha value is -2.35. The third-order valence-corrected chi connectivity index (χ3v) is 13.3. The Morgan fingerprint density at radius 1 is 1.00 bits per heavy atom. The fraction of sp³-hybridized carbons (Fsp3) is 0.930. The van der Waals surface area contributed by atoms with Crippen LogP contribution in [0.4, 0.5) is 9.59 Å². The number of amides is 1. The summed E-state index contributed by atoms with van der Waals surface area (Å²) in [6.07, 6.45) is -9.08. The normalized spacial score (nSPS) is 45.2. The second-order valence-corrected chi connectivity index (χ2v) is 19.2. The number of rotatable bonds is 9. The molecule has 0 radical (unpaired) electrons. The van der Waals surface area contributed by atoms with E-state index in [9.17, 15) is 24.6 Å². The van der Waals surface area contributed by atoms with E-state index in [1.807, 2.05) is 79.4 Å². The maximum absolute atomic E-state index is 14.6. The molecule has 0 aromatic rings. The molecule has 4 saturated heterocycles. The second kappa shape index (κ2) is 20.0. The van der Waals surface area contributed by atoms with Crippen LogP contribution < -0.4 is 5.32 Å². The molecule has 0 aliphatic carbocycles. The Morgan fingerprint density at radius 2 is 1.65 bits per heavy atom. The van der Waals surface area contributed by atoms with Gasteiger partial charge >= 0.3 is 18.2 Å². The molecule has 17 heteroatoms. The number of aliphatic hydroxyl groups is 2. The predicted octanol–water partition coefficient (Wildman–Crippen LogP) is 4.23. The molecule has 1 amide bonds. The number of hydrogen-bond acceptors (Lipinski definition) is 16. The average Bonchev–Trinajstić information content (AvgIpc) is 3.46. The van der Waals surface area contributed by atoms with E-state index in [2.05, 4.69) is 5.32 Å². The molecule has 0 bridgehead atoms. The van der Waals surface area contributed by atoms with Crippen molar-refractivity contribution in [3.8, 4) is 0 Å². The molecule has 17 nitrogen and oxygen atoms in total. The second-order valence-electron chi connectivity index (χ2n) is 19.2. The first kappa shape index (κ1) is 50.3. The van der Waals surface area contributed by atoms with Crippen LogP contribution >= 0.6 is 0 Å². The first-order valence-corrected chi connectivity index (χ1v) is 21.8. The number of fused-ring (bicyclic) bond motifs is 1. The Balaban J connectivity index is 1.82. The lowest BCUT2D eigenvalue weighted by Gasteiger charge is -2.49. The van der Waals surface area contributed by atoms with Crippen molar-refractivity contribution >= 4 is 18.2 Å². The minimum atomic E-state index is -1.58. The molecule has 4 heterocycles. The molecule has 18 atom stereocenters. The van der Waals surface area contributed by atoms with Gasteiger partial charge < -0.3 is 63.1 Å². The Labute approximate surface area is 357 Å². The van der Waals surface area contributed by atoms with Gasteiger partial charge in [-0.05, 0) is 109 Å². The van der Waals surface area contributed by atoms with Gasteiger partial charge in [0, 0.05) is 44.1 Å². The van der Waals surface area contributed by atoms with Gasteiger partial charge in [-0.15, -0.1) is 0 Å². The van der Waals surface area contributed by atoms with E-state index >= 15 is 0 Å². The van der Waals surface area contributed by atoms with E-state index in [4.69, 9.17) is 42.6 Å². The van der Waals surface area contributed by atoms with Gasteiger partial charge in [-0.1, -0.05) is 20.8 Å². The SMILES string of the molecule is CC[C@H]1OC(=O)[C@H](C)[C@@H](O[C@H]2C[C@@](C)(OC)[C@@H](OC(=O)NC(C)C)[C@H](C)O2)[C@H](C)[C@@H](O[C@@H]2O[C@H](C)C[C@H](N(C)C)[C@H]2O)[C@](C)(O)C[C@@H](C)CN(C)[C@H](C)[C@H]2OC(=O)O[C@@]21C. The van der Waals surface area contributed by atoms with Gasteiger partial charge in [0.1, 0.15) is 17.8 Å². The lowest BCUT2D eigenvalue weighted by atomic mass is 9.77. The molecule has 3 N–H and O–H groups in total. The van der Waals surface area contributed by atoms with Gasteiger partial charge in [0.25, 0.3) is 0 Å². The molecule has 0 aromatic carbocycles. The highest BCUT2D eigenvalue weighted by Gasteiger charge is 2.58. The highest BCUT2D eigenvalue weighted by Crippen LogP contribution is 2.42. The maximum atomic E-state index is 14.6. The van der Waals surface area contributed by atoms with Crippen molar-refractivity contribution in [3.63, 3.8) is 0 Å². The van der Waals surface area contributed by atoms with Crippen molar-refractivity contribution in [1.29, 1.82) is 0 Å². The highest BCUT2D eigenvalue weighted by molar-refractivity contribution is 5.73. The molecular formula is C43H77N3O14. The average molecular weight is 860 g/mol. The minimum Gasteiger partial charge on any atom is -0.458 e. The fourth-order valence-corrected chi connectivity index (χ4v) is 9.94. The van der Waals surface area contributed by atoms with Crippen LogP contribution in [0.5, 0.6) is 0 Å². The summed E-state index contributed by atoms with van der Waals surface area (Å²) in [6, 6.07) is -0.817. The van der Waals surface area contributed by atoms with E-state index < -0.39 is 102 Å². The summed E-state index contributed by atoms with van der Waals surface area (Å²) in [5, 5.41) is 27.1. The number of carbonyl (C=O) groups excluding carboxylic acids is 3. The number of esters is 1. The van der Waals surface area contributed by atoms with Gasteiger partial charge in [-0.2, -0.15) is 0 Å². The molecule has 0 unspecified atom stereocenters. The number of methoxy groups -OCH3 is 1. The van der Waals surface area contributed by atoms with Crippen LogP contribution in [-0.2, 0) is 47.4 Å². The van der Waals surface area contributed by atoms with Gasteiger partial charge in [-0.3, -0.25) is 9.69 Å². The molecule has 4 fully saturated rings. The predicted molar refractivity (Wildman–Crippen MR) is 220 cm³/mol. The zero-order chi connectivity index (χ0) is 45.2. The zero-order valence-electron chi connectivity index (χ0n) is 39.0. The van der Waals surface area contributed by atoms with Crippen molar-refractivity contribution < 1.29 is 67.2 Å². The van der Waals surface area contributed by atoms with Crippen molar-refractivity contribution in [2.24, 2.45) is 17.8 Å². The topological polar surface area (TPSA) is 193 Å². The maximum Gasteiger partial charge on any atom is 0.509 e. The smallest absolute Gasteiger partial charge is 0.458 e. The standard InChI is InChI=1S/C43H77N3O14/c1-17-30-43(12)35(59-40(50)60-43)27(8)46(15)21-23(4)19-41(10,51)34(57-38-32(47)29(45(13)14)18-24(5)53-38)25(6)33(26(7)37(48)55-30)56-31-20-42(11,52-16)36(28(9)54-31)58-39(49)44-22(2)3/h22-36,38,47,51H,17-21H2,1-16H3,(H,44,49)/t23-,24-,25+,26-,27-,28+,29+,30-,31+,32-,33+,34-,35-,36+,38+,41-,42-,43-/m1/s1. The fourth-order valence-electron chi connectivity index (χ4n) is 9.94. The molecule has 0 spiro atoms. The number of nitrogens with zero attached hydrogens (tertiary/aromatic N) is 2. The van der Waals surface area contributed by atoms with Crippen LogP contribution in [0.3, 0.4) is 0 Å². The van der Waals surface area contributed by atoms with Gasteiger partial charge in [0.15, 0.2) is 30.4 Å². The number of carbonyl (C=O) groups is 3. The van der Waals surface area contributed by atoms with E-state index in [-0.39, 0.29) is 43.0 Å². The molecule has 4 aliphatic heterocycles. The van der Waals surface area contributed by atoms with Gasteiger partial charge in [0.2, 0.25) is 0 Å². The summed E-state index contributed by atoms with van der Waals surface area (Å²) in [7, 11) is 7.21. The first-order valence-electron chi connectivity index (χ1n) is 21.8.